The first-order valence-electron chi connectivity index (χ1n) is 6.84. The van der Waals surface area contributed by atoms with Crippen molar-refractivity contribution in [2.24, 2.45) is 7.05 Å². The topological polar surface area (TPSA) is 108 Å². The molecular weight excluding hydrogens is 304 g/mol. The molecule has 0 aliphatic carbocycles. The van der Waals surface area contributed by atoms with Crippen LogP contribution < -0.4 is 4.74 Å². The normalized spacial score (nSPS) is 12.0. The van der Waals surface area contributed by atoms with E-state index in [2.05, 4.69) is 10.2 Å². The standard InChI is InChI=1S/C13H18N6O4/c1-9(18-8-11(19(21)22)12(15-18)23-4)13(20)16(2)7-10-5-6-14-17(10)3/h5-6,8-9H,7H2,1-4H3. The van der Waals surface area contributed by atoms with Crippen molar-refractivity contribution >= 4 is 11.6 Å². The number of nitro groups is 1. The Bertz CT molecular complexity index is 722. The molecule has 124 valence electrons. The molecule has 0 fully saturated rings. The first kappa shape index (κ1) is 16.5. The van der Waals surface area contributed by atoms with E-state index in [1.54, 1.807) is 31.9 Å². The molecule has 1 amide bonds. The molecule has 0 saturated carbocycles. The number of hydrogen-bond acceptors (Lipinski definition) is 6. The Morgan fingerprint density at radius 2 is 2.26 bits per heavy atom. The summed E-state index contributed by atoms with van der Waals surface area (Å²) in [6, 6.07) is 1.12. The molecule has 0 aliphatic heterocycles. The Balaban J connectivity index is 2.16. The van der Waals surface area contributed by atoms with Gasteiger partial charge in [-0.25, -0.2) is 4.68 Å². The van der Waals surface area contributed by atoms with Crippen molar-refractivity contribution in [1.29, 1.82) is 0 Å². The zero-order valence-electron chi connectivity index (χ0n) is 13.3. The number of nitrogens with zero attached hydrogens (tertiary/aromatic N) is 6. The fraction of sp³-hybridized carbons (Fsp3) is 0.462. The van der Waals surface area contributed by atoms with Gasteiger partial charge in [0.05, 0.1) is 24.3 Å². The van der Waals surface area contributed by atoms with Crippen LogP contribution in [-0.2, 0) is 18.4 Å². The summed E-state index contributed by atoms with van der Waals surface area (Å²) in [5.74, 6) is -0.352. The van der Waals surface area contributed by atoms with Crippen LogP contribution in [0.15, 0.2) is 18.5 Å². The maximum atomic E-state index is 12.5. The Hall–Kier alpha value is -2.91. The molecule has 0 aromatic carbocycles. The molecule has 10 heteroatoms. The van der Waals surface area contributed by atoms with E-state index in [0.717, 1.165) is 5.69 Å². The molecule has 0 radical (unpaired) electrons. The number of amides is 1. The number of aromatic nitrogens is 4. The molecule has 0 N–H and O–H groups in total. The summed E-state index contributed by atoms with van der Waals surface area (Å²) < 4.78 is 7.78. The van der Waals surface area contributed by atoms with Gasteiger partial charge in [-0.3, -0.25) is 19.6 Å². The minimum Gasteiger partial charge on any atom is -0.475 e. The van der Waals surface area contributed by atoms with Crippen LogP contribution in [-0.4, -0.2) is 49.4 Å². The number of carbonyl (C=O) groups is 1. The highest BCUT2D eigenvalue weighted by atomic mass is 16.6. The summed E-state index contributed by atoms with van der Waals surface area (Å²) in [6.07, 6.45) is 2.85. The van der Waals surface area contributed by atoms with Crippen LogP contribution in [0.1, 0.15) is 18.7 Å². The van der Waals surface area contributed by atoms with Crippen molar-refractivity contribution in [3.63, 3.8) is 0 Å². The lowest BCUT2D eigenvalue weighted by molar-refractivity contribution is -0.385. The van der Waals surface area contributed by atoms with E-state index in [0.29, 0.717) is 6.54 Å². The molecule has 0 spiro atoms. The fourth-order valence-corrected chi connectivity index (χ4v) is 2.14. The number of hydrogen-bond donors (Lipinski definition) is 0. The van der Waals surface area contributed by atoms with Crippen LogP contribution >= 0.6 is 0 Å². The summed E-state index contributed by atoms with van der Waals surface area (Å²) >= 11 is 0. The van der Waals surface area contributed by atoms with E-state index in [1.165, 1.54) is 22.9 Å². The lowest BCUT2D eigenvalue weighted by atomic mass is 10.3. The lowest BCUT2D eigenvalue weighted by Crippen LogP contribution is -2.33. The summed E-state index contributed by atoms with van der Waals surface area (Å²) in [7, 11) is 4.74. The number of likely N-dealkylation sites (N-methyl/N-ethyl adjacent to an activating group) is 1. The minimum absolute atomic E-state index is 0.121. The molecular formula is C13H18N6O4. The number of aryl methyl sites for hydroxylation is 1. The van der Waals surface area contributed by atoms with Crippen molar-refractivity contribution in [3.8, 4) is 5.88 Å². The van der Waals surface area contributed by atoms with Gasteiger partial charge in [0.2, 0.25) is 5.91 Å². The third-order valence-electron chi connectivity index (χ3n) is 3.52. The van der Waals surface area contributed by atoms with Gasteiger partial charge in [-0.1, -0.05) is 0 Å². The van der Waals surface area contributed by atoms with Crippen LogP contribution in [0, 0.1) is 10.1 Å². The molecule has 2 heterocycles. The maximum Gasteiger partial charge on any atom is 0.350 e. The van der Waals surface area contributed by atoms with Crippen molar-refractivity contribution in [2.45, 2.75) is 19.5 Å². The van der Waals surface area contributed by atoms with Crippen molar-refractivity contribution in [3.05, 3.63) is 34.3 Å². The van der Waals surface area contributed by atoms with Crippen LogP contribution in [0.5, 0.6) is 5.88 Å². The average molecular weight is 322 g/mol. The Morgan fingerprint density at radius 1 is 1.57 bits per heavy atom. The minimum atomic E-state index is -0.698. The van der Waals surface area contributed by atoms with Gasteiger partial charge in [0.25, 0.3) is 0 Å². The third kappa shape index (κ3) is 3.30. The molecule has 0 bridgehead atoms. The van der Waals surface area contributed by atoms with Crippen LogP contribution in [0.4, 0.5) is 5.69 Å². The number of rotatable bonds is 6. The largest absolute Gasteiger partial charge is 0.475 e. The highest BCUT2D eigenvalue weighted by molar-refractivity contribution is 5.79. The van der Waals surface area contributed by atoms with Crippen molar-refractivity contribution in [1.82, 2.24) is 24.5 Å². The zero-order chi connectivity index (χ0) is 17.1. The van der Waals surface area contributed by atoms with Gasteiger partial charge in [0.15, 0.2) is 0 Å². The van der Waals surface area contributed by atoms with Crippen molar-refractivity contribution in [2.75, 3.05) is 14.2 Å². The van der Waals surface area contributed by atoms with Gasteiger partial charge in [-0.2, -0.15) is 5.10 Å². The molecule has 0 aliphatic rings. The van der Waals surface area contributed by atoms with Gasteiger partial charge in [0.1, 0.15) is 12.2 Å². The van der Waals surface area contributed by atoms with E-state index in [-0.39, 0.29) is 17.5 Å². The zero-order valence-corrected chi connectivity index (χ0v) is 13.3. The number of methoxy groups -OCH3 is 1. The first-order valence-corrected chi connectivity index (χ1v) is 6.84. The van der Waals surface area contributed by atoms with Crippen LogP contribution in [0.3, 0.4) is 0 Å². The molecule has 2 aromatic heterocycles. The number of ether oxygens (including phenoxy) is 1. The Kier molecular flexibility index (Phi) is 4.63. The van der Waals surface area contributed by atoms with E-state index >= 15 is 0 Å². The number of carbonyl (C=O) groups excluding carboxylic acids is 1. The third-order valence-corrected chi connectivity index (χ3v) is 3.52. The maximum absolute atomic E-state index is 12.5. The Morgan fingerprint density at radius 3 is 2.74 bits per heavy atom. The first-order chi connectivity index (χ1) is 10.8. The molecule has 23 heavy (non-hydrogen) atoms. The molecule has 2 rings (SSSR count). The summed E-state index contributed by atoms with van der Waals surface area (Å²) in [5, 5.41) is 18.9. The second kappa shape index (κ2) is 6.46. The van der Waals surface area contributed by atoms with E-state index in [1.807, 2.05) is 6.07 Å². The second-order valence-electron chi connectivity index (χ2n) is 5.08. The highest BCUT2D eigenvalue weighted by Crippen LogP contribution is 2.26. The average Bonchev–Trinajstić information content (AvgIpc) is 3.12. The van der Waals surface area contributed by atoms with Crippen LogP contribution in [0.2, 0.25) is 0 Å². The molecule has 0 saturated heterocycles. The second-order valence-corrected chi connectivity index (χ2v) is 5.08. The fourth-order valence-electron chi connectivity index (χ4n) is 2.14. The van der Waals surface area contributed by atoms with Crippen LogP contribution in [0.25, 0.3) is 0 Å². The predicted molar refractivity (Wildman–Crippen MR) is 79.8 cm³/mol. The molecule has 2 aromatic rings. The molecule has 10 nitrogen and oxygen atoms in total. The lowest BCUT2D eigenvalue weighted by Gasteiger charge is -2.21. The van der Waals surface area contributed by atoms with Gasteiger partial charge < -0.3 is 9.64 Å². The SMILES string of the molecule is COc1nn(C(C)C(=O)N(C)Cc2ccnn2C)cc1[N+](=O)[O-]. The predicted octanol–water partition coefficient (Wildman–Crippen LogP) is 0.753. The smallest absolute Gasteiger partial charge is 0.350 e. The summed E-state index contributed by atoms with van der Waals surface area (Å²) in [5.41, 5.74) is 0.596. The summed E-state index contributed by atoms with van der Waals surface area (Å²) in [4.78, 5) is 24.3. The van der Waals surface area contributed by atoms with E-state index in [4.69, 9.17) is 4.74 Å². The van der Waals surface area contributed by atoms with Crippen molar-refractivity contribution < 1.29 is 14.5 Å². The van der Waals surface area contributed by atoms with Gasteiger partial charge in [0, 0.05) is 20.3 Å². The molecule has 1 atom stereocenters. The van der Waals surface area contributed by atoms with E-state index < -0.39 is 11.0 Å². The van der Waals surface area contributed by atoms with Gasteiger partial charge in [-0.05, 0) is 13.0 Å². The Labute approximate surface area is 132 Å². The van der Waals surface area contributed by atoms with Gasteiger partial charge in [-0.15, -0.1) is 5.10 Å². The summed E-state index contributed by atoms with van der Waals surface area (Å²) in [6.45, 7) is 2.00. The monoisotopic (exact) mass is 322 g/mol. The highest BCUT2D eigenvalue weighted by Gasteiger charge is 2.27. The van der Waals surface area contributed by atoms with Gasteiger partial charge >= 0.3 is 11.6 Å². The molecule has 1 unspecified atom stereocenters. The van der Waals surface area contributed by atoms with E-state index in [9.17, 15) is 14.9 Å². The quantitative estimate of drug-likeness (QED) is 0.573.